The second-order valence-corrected chi connectivity index (χ2v) is 6.30. The summed E-state index contributed by atoms with van der Waals surface area (Å²) in [5, 5.41) is 17.6. The van der Waals surface area contributed by atoms with E-state index in [1.165, 1.54) is 0 Å². The number of hydrogen-bond acceptors (Lipinski definition) is 3. The molecule has 2 rings (SSSR count). The number of aliphatic imine (C=N–C) groups is 1. The Hall–Kier alpha value is -2.24. The lowest BCUT2D eigenvalue weighted by atomic mass is 10.1. The Labute approximate surface area is 160 Å². The minimum atomic E-state index is -0.688. The van der Waals surface area contributed by atoms with Crippen LogP contribution in [-0.2, 0) is 0 Å². The molecule has 2 aromatic carbocycles. The van der Waals surface area contributed by atoms with Crippen LogP contribution in [0.4, 0.5) is 0 Å². The summed E-state index contributed by atoms with van der Waals surface area (Å²) in [5.41, 5.74) is 1.79. The zero-order chi connectivity index (χ0) is 18.9. The number of methoxy groups -OCH3 is 1. The highest BCUT2D eigenvalue weighted by Crippen LogP contribution is 2.22. The molecule has 0 aromatic heterocycles. The van der Waals surface area contributed by atoms with Gasteiger partial charge in [0.05, 0.1) is 25.8 Å². The third-order valence-corrected chi connectivity index (χ3v) is 4.34. The molecular formula is C20H26ClN3O2. The Morgan fingerprint density at radius 3 is 2.50 bits per heavy atom. The molecule has 0 saturated carbocycles. The third kappa shape index (κ3) is 5.64. The van der Waals surface area contributed by atoms with Crippen molar-refractivity contribution in [2.45, 2.75) is 26.0 Å². The number of halogens is 1. The van der Waals surface area contributed by atoms with Crippen molar-refractivity contribution in [1.29, 1.82) is 0 Å². The van der Waals surface area contributed by atoms with Crippen LogP contribution in [0.25, 0.3) is 0 Å². The first kappa shape index (κ1) is 20.1. The highest BCUT2D eigenvalue weighted by atomic mass is 35.5. The van der Waals surface area contributed by atoms with Gasteiger partial charge in [0.25, 0.3) is 0 Å². The molecule has 5 nitrogen and oxygen atoms in total. The van der Waals surface area contributed by atoms with E-state index in [-0.39, 0.29) is 12.6 Å². The van der Waals surface area contributed by atoms with Gasteiger partial charge in [-0.25, -0.2) is 0 Å². The number of guanidine groups is 1. The summed E-state index contributed by atoms with van der Waals surface area (Å²) in [4.78, 5) is 4.50. The molecule has 0 aliphatic carbocycles. The molecule has 2 atom stereocenters. The maximum atomic E-state index is 10.4. The first-order valence-corrected chi connectivity index (χ1v) is 9.04. The Balaban J connectivity index is 2.04. The first-order chi connectivity index (χ1) is 12.5. The molecule has 0 heterocycles. The van der Waals surface area contributed by atoms with Crippen molar-refractivity contribution in [3.05, 3.63) is 64.7 Å². The molecule has 0 aliphatic heterocycles. The Kier molecular flexibility index (Phi) is 7.75. The van der Waals surface area contributed by atoms with Gasteiger partial charge in [-0.15, -0.1) is 0 Å². The summed E-state index contributed by atoms with van der Waals surface area (Å²) in [6.07, 6.45) is -0.688. The van der Waals surface area contributed by atoms with E-state index in [9.17, 15) is 5.11 Å². The normalized spacial score (nSPS) is 13.8. The van der Waals surface area contributed by atoms with Gasteiger partial charge in [-0.05, 0) is 43.2 Å². The Bertz CT molecular complexity index is 719. The quantitative estimate of drug-likeness (QED) is 0.510. The summed E-state index contributed by atoms with van der Waals surface area (Å²) in [7, 11) is 1.62. The van der Waals surface area contributed by atoms with Crippen LogP contribution >= 0.6 is 11.6 Å². The molecule has 140 valence electrons. The fraction of sp³-hybridized carbons (Fsp3) is 0.350. The zero-order valence-corrected chi connectivity index (χ0v) is 16.1. The molecule has 3 N–H and O–H groups in total. The largest absolute Gasteiger partial charge is 0.497 e. The van der Waals surface area contributed by atoms with Crippen molar-refractivity contribution in [3.63, 3.8) is 0 Å². The van der Waals surface area contributed by atoms with E-state index in [2.05, 4.69) is 15.6 Å². The van der Waals surface area contributed by atoms with Crippen LogP contribution in [-0.4, -0.2) is 31.3 Å². The lowest BCUT2D eigenvalue weighted by Gasteiger charge is -2.19. The molecule has 26 heavy (non-hydrogen) atoms. The molecule has 2 aromatic rings. The lowest BCUT2D eigenvalue weighted by Crippen LogP contribution is -2.39. The van der Waals surface area contributed by atoms with Crippen LogP contribution in [0.3, 0.4) is 0 Å². The van der Waals surface area contributed by atoms with Crippen molar-refractivity contribution < 1.29 is 9.84 Å². The van der Waals surface area contributed by atoms with E-state index in [0.717, 1.165) is 23.4 Å². The van der Waals surface area contributed by atoms with E-state index in [0.29, 0.717) is 11.0 Å². The number of ether oxygens (including phenoxy) is 1. The summed E-state index contributed by atoms with van der Waals surface area (Å²) in [6.45, 7) is 4.99. The molecule has 2 unspecified atom stereocenters. The summed E-state index contributed by atoms with van der Waals surface area (Å²) >= 11 is 6.26. The average molecular weight is 376 g/mol. The van der Waals surface area contributed by atoms with Gasteiger partial charge >= 0.3 is 0 Å². The fourth-order valence-electron chi connectivity index (χ4n) is 2.54. The monoisotopic (exact) mass is 375 g/mol. The maximum Gasteiger partial charge on any atom is 0.191 e. The van der Waals surface area contributed by atoms with Crippen LogP contribution in [0.2, 0.25) is 5.02 Å². The van der Waals surface area contributed by atoms with Crippen LogP contribution < -0.4 is 15.4 Å². The minimum Gasteiger partial charge on any atom is -0.497 e. The molecule has 0 spiro atoms. The molecule has 0 fully saturated rings. The van der Waals surface area contributed by atoms with E-state index in [4.69, 9.17) is 16.3 Å². The molecular weight excluding hydrogens is 350 g/mol. The van der Waals surface area contributed by atoms with Crippen LogP contribution in [0.5, 0.6) is 5.75 Å². The highest BCUT2D eigenvalue weighted by Gasteiger charge is 2.12. The topological polar surface area (TPSA) is 65.9 Å². The molecule has 0 radical (unpaired) electrons. The summed E-state index contributed by atoms with van der Waals surface area (Å²) < 4.78 is 5.13. The number of nitrogens with zero attached hydrogens (tertiary/aromatic N) is 1. The van der Waals surface area contributed by atoms with Gasteiger partial charge in [0.15, 0.2) is 5.96 Å². The molecule has 0 amide bonds. The molecule has 0 saturated heterocycles. The number of aliphatic hydroxyl groups is 1. The zero-order valence-electron chi connectivity index (χ0n) is 15.4. The Morgan fingerprint density at radius 1 is 1.19 bits per heavy atom. The van der Waals surface area contributed by atoms with Crippen LogP contribution in [0.15, 0.2) is 53.5 Å². The van der Waals surface area contributed by atoms with Crippen molar-refractivity contribution in [2.24, 2.45) is 4.99 Å². The number of aliphatic hydroxyl groups excluding tert-OH is 1. The second kappa shape index (κ2) is 10.0. The van der Waals surface area contributed by atoms with Crippen molar-refractivity contribution in [1.82, 2.24) is 10.6 Å². The number of benzene rings is 2. The van der Waals surface area contributed by atoms with Gasteiger partial charge in [0.2, 0.25) is 0 Å². The molecule has 0 bridgehead atoms. The van der Waals surface area contributed by atoms with Gasteiger partial charge < -0.3 is 20.5 Å². The van der Waals surface area contributed by atoms with Gasteiger partial charge in [-0.3, -0.25) is 4.99 Å². The van der Waals surface area contributed by atoms with Crippen molar-refractivity contribution >= 4 is 17.6 Å². The lowest BCUT2D eigenvalue weighted by molar-refractivity contribution is 0.187. The fourth-order valence-corrected chi connectivity index (χ4v) is 2.84. The van der Waals surface area contributed by atoms with Gasteiger partial charge in [0, 0.05) is 11.6 Å². The maximum absolute atomic E-state index is 10.4. The smallest absolute Gasteiger partial charge is 0.191 e. The SMILES string of the molecule is CCNC(=NCC(O)c1ccc(OC)cc1)NC(C)c1ccccc1Cl. The molecule has 6 heteroatoms. The Morgan fingerprint density at radius 2 is 1.88 bits per heavy atom. The minimum absolute atomic E-state index is 0.0142. The first-order valence-electron chi connectivity index (χ1n) is 8.66. The number of nitrogens with one attached hydrogen (secondary N) is 2. The summed E-state index contributed by atoms with van der Waals surface area (Å²) in [6, 6.07) is 15.0. The third-order valence-electron chi connectivity index (χ3n) is 3.99. The van der Waals surface area contributed by atoms with E-state index in [1.54, 1.807) is 7.11 Å². The van der Waals surface area contributed by atoms with E-state index < -0.39 is 6.10 Å². The molecule has 0 aliphatic rings. The van der Waals surface area contributed by atoms with Gasteiger partial charge in [-0.1, -0.05) is 41.9 Å². The standard InChI is InChI=1S/C20H26ClN3O2/c1-4-22-20(24-14(2)17-7-5-6-8-18(17)21)23-13-19(25)15-9-11-16(26-3)12-10-15/h5-12,14,19,25H,4,13H2,1-3H3,(H2,22,23,24). The highest BCUT2D eigenvalue weighted by molar-refractivity contribution is 6.31. The van der Waals surface area contributed by atoms with Crippen molar-refractivity contribution in [2.75, 3.05) is 20.2 Å². The van der Waals surface area contributed by atoms with E-state index in [1.807, 2.05) is 62.4 Å². The summed E-state index contributed by atoms with van der Waals surface area (Å²) in [5.74, 6) is 1.39. The van der Waals surface area contributed by atoms with Gasteiger partial charge in [-0.2, -0.15) is 0 Å². The average Bonchev–Trinajstić information content (AvgIpc) is 2.66. The number of hydrogen-bond donors (Lipinski definition) is 3. The second-order valence-electron chi connectivity index (χ2n) is 5.90. The van der Waals surface area contributed by atoms with Crippen molar-refractivity contribution in [3.8, 4) is 5.75 Å². The predicted octanol–water partition coefficient (Wildman–Crippen LogP) is 3.70. The predicted molar refractivity (Wildman–Crippen MR) is 107 cm³/mol. The van der Waals surface area contributed by atoms with Crippen LogP contribution in [0, 0.1) is 0 Å². The van der Waals surface area contributed by atoms with Gasteiger partial charge in [0.1, 0.15) is 5.75 Å². The number of rotatable bonds is 7. The van der Waals surface area contributed by atoms with Crippen LogP contribution in [0.1, 0.15) is 37.1 Å². The van der Waals surface area contributed by atoms with E-state index >= 15 is 0 Å².